The molecule has 6 rings (SSSR count). The number of rotatable bonds is 11. The van der Waals surface area contributed by atoms with Gasteiger partial charge in [-0.05, 0) is 121 Å². The predicted molar refractivity (Wildman–Crippen MR) is 187 cm³/mol. The first kappa shape index (κ1) is 28.9. The summed E-state index contributed by atoms with van der Waals surface area (Å²) in [6.45, 7) is 1.30. The van der Waals surface area contributed by atoms with Crippen molar-refractivity contribution in [2.24, 2.45) is 11.5 Å². The molecule has 0 radical (unpaired) electrons. The molecule has 0 bridgehead atoms. The van der Waals surface area contributed by atoms with Crippen LogP contribution in [-0.4, -0.2) is 13.1 Å². The molecule has 6 aromatic carbocycles. The molecule has 0 atom stereocenters. The van der Waals surface area contributed by atoms with E-state index >= 15 is 0 Å². The minimum Gasteiger partial charge on any atom is -0.330 e. The van der Waals surface area contributed by atoms with Crippen LogP contribution in [0.25, 0.3) is 11.1 Å². The van der Waals surface area contributed by atoms with E-state index < -0.39 is 0 Å². The summed E-state index contributed by atoms with van der Waals surface area (Å²) in [4.78, 5) is 4.57. The molecule has 0 saturated carbocycles. The van der Waals surface area contributed by atoms with Crippen molar-refractivity contribution in [1.29, 1.82) is 0 Å². The Morgan fingerprint density at radius 1 is 0.318 bits per heavy atom. The third-order valence-corrected chi connectivity index (χ3v) is 7.87. The van der Waals surface area contributed by atoms with Crippen LogP contribution < -0.4 is 21.3 Å². The maximum absolute atomic E-state index is 5.78. The quantitative estimate of drug-likeness (QED) is 0.162. The van der Waals surface area contributed by atoms with E-state index in [1.54, 1.807) is 0 Å². The van der Waals surface area contributed by atoms with Crippen LogP contribution in [0.4, 0.5) is 34.1 Å². The molecule has 0 spiro atoms. The number of nitrogens with zero attached hydrogens (tertiary/aromatic N) is 2. The topological polar surface area (TPSA) is 58.5 Å². The Labute approximate surface area is 260 Å². The SMILES string of the molecule is NCCc1ccc(N(c2ccccc2)c2ccc(-c3ccc(N(c4ccccc4)c4ccc(CCN)cc4)cc3)cc2)cc1. The monoisotopic (exact) mass is 574 g/mol. The molecule has 0 aromatic heterocycles. The summed E-state index contributed by atoms with van der Waals surface area (Å²) in [6, 6.07) is 56.0. The largest absolute Gasteiger partial charge is 0.330 e. The normalized spacial score (nSPS) is 10.9. The fraction of sp³-hybridized carbons (Fsp3) is 0.100. The molecule has 0 fully saturated rings. The molecule has 4 heteroatoms. The number of para-hydroxylation sites is 2. The Bertz CT molecular complexity index is 1600. The van der Waals surface area contributed by atoms with Crippen molar-refractivity contribution in [1.82, 2.24) is 0 Å². The highest BCUT2D eigenvalue weighted by molar-refractivity contribution is 5.80. The van der Waals surface area contributed by atoms with Crippen molar-refractivity contribution in [2.75, 3.05) is 22.9 Å². The summed E-state index contributed by atoms with van der Waals surface area (Å²) in [6.07, 6.45) is 1.76. The zero-order chi connectivity index (χ0) is 30.1. The number of hydrogen-bond acceptors (Lipinski definition) is 4. The maximum atomic E-state index is 5.78. The molecule has 218 valence electrons. The first-order valence-electron chi connectivity index (χ1n) is 15.2. The second-order valence-corrected chi connectivity index (χ2v) is 10.8. The van der Waals surface area contributed by atoms with Gasteiger partial charge in [0.05, 0.1) is 0 Å². The van der Waals surface area contributed by atoms with Gasteiger partial charge in [0.1, 0.15) is 0 Å². The molecular weight excluding hydrogens is 536 g/mol. The fourth-order valence-electron chi connectivity index (χ4n) is 5.61. The van der Waals surface area contributed by atoms with Gasteiger partial charge < -0.3 is 21.3 Å². The van der Waals surface area contributed by atoms with E-state index in [4.69, 9.17) is 11.5 Å². The van der Waals surface area contributed by atoms with E-state index in [2.05, 4.69) is 168 Å². The summed E-state index contributed by atoms with van der Waals surface area (Å²) in [7, 11) is 0. The minimum atomic E-state index is 0.650. The van der Waals surface area contributed by atoms with Crippen LogP contribution in [0, 0.1) is 0 Å². The zero-order valence-corrected chi connectivity index (χ0v) is 24.9. The lowest BCUT2D eigenvalue weighted by molar-refractivity contribution is 0.968. The summed E-state index contributed by atoms with van der Waals surface area (Å²) >= 11 is 0. The van der Waals surface area contributed by atoms with Gasteiger partial charge in [0.15, 0.2) is 0 Å². The predicted octanol–water partition coefficient (Wildman–Crippen LogP) is 9.30. The van der Waals surface area contributed by atoms with Crippen molar-refractivity contribution in [3.05, 3.63) is 169 Å². The van der Waals surface area contributed by atoms with Crippen molar-refractivity contribution in [3.63, 3.8) is 0 Å². The van der Waals surface area contributed by atoms with Crippen LogP contribution in [0.3, 0.4) is 0 Å². The third kappa shape index (κ3) is 6.57. The van der Waals surface area contributed by atoms with E-state index in [0.29, 0.717) is 13.1 Å². The molecule has 0 aliphatic carbocycles. The van der Waals surface area contributed by atoms with Crippen LogP contribution in [0.2, 0.25) is 0 Å². The van der Waals surface area contributed by atoms with E-state index in [0.717, 1.165) is 47.0 Å². The summed E-state index contributed by atoms with van der Waals surface area (Å²) in [5.74, 6) is 0. The summed E-state index contributed by atoms with van der Waals surface area (Å²) in [5.41, 5.74) is 23.1. The zero-order valence-electron chi connectivity index (χ0n) is 24.9. The Morgan fingerprint density at radius 3 is 0.886 bits per heavy atom. The van der Waals surface area contributed by atoms with Gasteiger partial charge in [-0.2, -0.15) is 0 Å². The Morgan fingerprint density at radius 2 is 0.591 bits per heavy atom. The van der Waals surface area contributed by atoms with Crippen LogP contribution in [0.15, 0.2) is 158 Å². The maximum Gasteiger partial charge on any atom is 0.0462 e. The highest BCUT2D eigenvalue weighted by atomic mass is 15.1. The highest BCUT2D eigenvalue weighted by Gasteiger charge is 2.14. The van der Waals surface area contributed by atoms with Gasteiger partial charge in [-0.1, -0.05) is 84.9 Å². The van der Waals surface area contributed by atoms with E-state index in [-0.39, 0.29) is 0 Å². The first-order chi connectivity index (χ1) is 21.7. The second kappa shape index (κ2) is 13.9. The lowest BCUT2D eigenvalue weighted by Crippen LogP contribution is -2.10. The standard InChI is InChI=1S/C40H38N4/c41-29-27-31-11-19-37(20-12-31)43(35-7-3-1-4-8-35)39-23-15-33(16-24-39)34-17-25-40(26-18-34)44(36-9-5-2-6-10-36)38-21-13-32(14-22-38)28-30-42/h1-26H,27-30,41-42H2. The number of anilines is 6. The molecule has 4 nitrogen and oxygen atoms in total. The van der Waals surface area contributed by atoms with Gasteiger partial charge in [0, 0.05) is 34.1 Å². The average Bonchev–Trinajstić information content (AvgIpc) is 3.09. The lowest BCUT2D eigenvalue weighted by Gasteiger charge is -2.26. The highest BCUT2D eigenvalue weighted by Crippen LogP contribution is 2.38. The van der Waals surface area contributed by atoms with Gasteiger partial charge >= 0.3 is 0 Å². The Hall–Kier alpha value is -5.16. The van der Waals surface area contributed by atoms with E-state index in [1.165, 1.54) is 22.3 Å². The molecule has 0 aliphatic heterocycles. The average molecular weight is 575 g/mol. The van der Waals surface area contributed by atoms with Crippen LogP contribution in [0.5, 0.6) is 0 Å². The number of nitrogens with two attached hydrogens (primary N) is 2. The molecule has 44 heavy (non-hydrogen) atoms. The van der Waals surface area contributed by atoms with Crippen molar-refractivity contribution in [3.8, 4) is 11.1 Å². The number of benzene rings is 6. The Kier molecular flexibility index (Phi) is 9.12. The molecule has 0 saturated heterocycles. The minimum absolute atomic E-state index is 0.650. The molecule has 0 unspecified atom stereocenters. The van der Waals surface area contributed by atoms with Gasteiger partial charge in [-0.3, -0.25) is 0 Å². The van der Waals surface area contributed by atoms with Crippen molar-refractivity contribution in [2.45, 2.75) is 12.8 Å². The lowest BCUT2D eigenvalue weighted by atomic mass is 10.0. The molecule has 4 N–H and O–H groups in total. The summed E-state index contributed by atoms with van der Waals surface area (Å²) < 4.78 is 0. The molecule has 6 aromatic rings. The number of hydrogen-bond donors (Lipinski definition) is 2. The van der Waals surface area contributed by atoms with Crippen LogP contribution in [0.1, 0.15) is 11.1 Å². The molecule has 0 aliphatic rings. The van der Waals surface area contributed by atoms with Crippen molar-refractivity contribution < 1.29 is 0 Å². The van der Waals surface area contributed by atoms with Crippen LogP contribution >= 0.6 is 0 Å². The van der Waals surface area contributed by atoms with E-state index in [9.17, 15) is 0 Å². The molecular formula is C40H38N4. The Balaban J connectivity index is 1.28. The van der Waals surface area contributed by atoms with Crippen molar-refractivity contribution >= 4 is 34.1 Å². The second-order valence-electron chi connectivity index (χ2n) is 10.8. The van der Waals surface area contributed by atoms with Crippen LogP contribution in [-0.2, 0) is 12.8 Å². The van der Waals surface area contributed by atoms with Gasteiger partial charge in [-0.15, -0.1) is 0 Å². The van der Waals surface area contributed by atoms with Gasteiger partial charge in [-0.25, -0.2) is 0 Å². The summed E-state index contributed by atoms with van der Waals surface area (Å²) in [5, 5.41) is 0. The van der Waals surface area contributed by atoms with Gasteiger partial charge in [0.2, 0.25) is 0 Å². The van der Waals surface area contributed by atoms with Gasteiger partial charge in [0.25, 0.3) is 0 Å². The first-order valence-corrected chi connectivity index (χ1v) is 15.2. The molecule has 0 amide bonds. The van der Waals surface area contributed by atoms with E-state index in [1.807, 2.05) is 0 Å². The smallest absolute Gasteiger partial charge is 0.0462 e. The fourth-order valence-corrected chi connectivity index (χ4v) is 5.61. The third-order valence-electron chi connectivity index (χ3n) is 7.87. The molecule has 0 heterocycles.